The van der Waals surface area contributed by atoms with Gasteiger partial charge < -0.3 is 20.0 Å². The third-order valence-corrected chi connectivity index (χ3v) is 3.77. The van der Waals surface area contributed by atoms with Gasteiger partial charge in [-0.1, -0.05) is 36.4 Å². The molecule has 0 heterocycles. The van der Waals surface area contributed by atoms with Crippen molar-refractivity contribution in [3.63, 3.8) is 0 Å². The SMILES string of the molecule is CN(C)c1ccccc1[C@@H](O)[C@@H](O)c1ccccc1N(C)C. The average Bonchev–Trinajstić information content (AvgIpc) is 2.53. The summed E-state index contributed by atoms with van der Waals surface area (Å²) >= 11 is 0. The highest BCUT2D eigenvalue weighted by Crippen LogP contribution is 2.37. The molecule has 0 bridgehead atoms. The zero-order valence-corrected chi connectivity index (χ0v) is 13.6. The third kappa shape index (κ3) is 3.24. The molecule has 4 nitrogen and oxygen atoms in total. The minimum absolute atomic E-state index is 0.716. The summed E-state index contributed by atoms with van der Waals surface area (Å²) in [7, 11) is 7.69. The summed E-state index contributed by atoms with van der Waals surface area (Å²) in [5.41, 5.74) is 3.23. The number of aliphatic hydroxyl groups is 2. The average molecular weight is 300 g/mol. The molecule has 0 radical (unpaired) electrons. The van der Waals surface area contributed by atoms with Crippen LogP contribution in [0.4, 0.5) is 11.4 Å². The van der Waals surface area contributed by atoms with Crippen LogP contribution in [0, 0.1) is 0 Å². The predicted molar refractivity (Wildman–Crippen MR) is 91.5 cm³/mol. The van der Waals surface area contributed by atoms with E-state index in [1.807, 2.05) is 86.5 Å². The molecule has 2 aromatic rings. The van der Waals surface area contributed by atoms with Crippen LogP contribution in [0.25, 0.3) is 0 Å². The molecule has 0 unspecified atom stereocenters. The van der Waals surface area contributed by atoms with Crippen LogP contribution in [-0.4, -0.2) is 38.4 Å². The fourth-order valence-corrected chi connectivity index (χ4v) is 2.63. The summed E-state index contributed by atoms with van der Waals surface area (Å²) < 4.78 is 0. The maximum atomic E-state index is 10.7. The first kappa shape index (κ1) is 16.3. The number of para-hydroxylation sites is 2. The van der Waals surface area contributed by atoms with Gasteiger partial charge in [0.25, 0.3) is 0 Å². The van der Waals surface area contributed by atoms with Crippen LogP contribution in [-0.2, 0) is 0 Å². The lowest BCUT2D eigenvalue weighted by Crippen LogP contribution is -2.19. The Morgan fingerprint density at radius 2 is 0.955 bits per heavy atom. The molecular formula is C18H24N2O2. The minimum Gasteiger partial charge on any atom is -0.385 e. The Hall–Kier alpha value is -2.04. The molecule has 22 heavy (non-hydrogen) atoms. The van der Waals surface area contributed by atoms with E-state index < -0.39 is 12.2 Å². The van der Waals surface area contributed by atoms with Crippen molar-refractivity contribution in [3.05, 3.63) is 59.7 Å². The molecular weight excluding hydrogens is 276 g/mol. The van der Waals surface area contributed by atoms with Gasteiger partial charge in [0, 0.05) is 50.7 Å². The van der Waals surface area contributed by atoms with Gasteiger partial charge in [-0.05, 0) is 12.1 Å². The second kappa shape index (κ2) is 6.81. The van der Waals surface area contributed by atoms with E-state index in [1.165, 1.54) is 0 Å². The third-order valence-electron chi connectivity index (χ3n) is 3.77. The van der Waals surface area contributed by atoms with Gasteiger partial charge in [0.15, 0.2) is 0 Å². The summed E-state index contributed by atoms with van der Waals surface area (Å²) in [6.45, 7) is 0. The summed E-state index contributed by atoms with van der Waals surface area (Å²) in [5, 5.41) is 21.4. The molecule has 2 atom stereocenters. The Labute approximate surface area is 132 Å². The lowest BCUT2D eigenvalue weighted by molar-refractivity contribution is 0.0178. The van der Waals surface area contributed by atoms with Crippen molar-refractivity contribution >= 4 is 11.4 Å². The first-order chi connectivity index (χ1) is 10.4. The zero-order valence-electron chi connectivity index (χ0n) is 13.6. The van der Waals surface area contributed by atoms with Crippen molar-refractivity contribution in [2.24, 2.45) is 0 Å². The van der Waals surface area contributed by atoms with Crippen LogP contribution in [0.1, 0.15) is 23.3 Å². The summed E-state index contributed by atoms with van der Waals surface area (Å²) in [6.07, 6.45) is -1.97. The van der Waals surface area contributed by atoms with Crippen molar-refractivity contribution in [1.29, 1.82) is 0 Å². The second-order valence-corrected chi connectivity index (χ2v) is 5.80. The second-order valence-electron chi connectivity index (χ2n) is 5.80. The van der Waals surface area contributed by atoms with Crippen LogP contribution in [0.15, 0.2) is 48.5 Å². The normalized spacial score (nSPS) is 13.5. The summed E-state index contributed by atoms with van der Waals surface area (Å²) in [6, 6.07) is 15.2. The van der Waals surface area contributed by atoms with E-state index >= 15 is 0 Å². The minimum atomic E-state index is -0.986. The highest BCUT2D eigenvalue weighted by Gasteiger charge is 2.25. The van der Waals surface area contributed by atoms with Crippen molar-refractivity contribution in [2.45, 2.75) is 12.2 Å². The number of hydrogen-bond acceptors (Lipinski definition) is 4. The monoisotopic (exact) mass is 300 g/mol. The largest absolute Gasteiger partial charge is 0.385 e. The fourth-order valence-electron chi connectivity index (χ4n) is 2.63. The molecule has 0 spiro atoms. The van der Waals surface area contributed by atoms with Crippen molar-refractivity contribution in [1.82, 2.24) is 0 Å². The Balaban J connectivity index is 2.40. The lowest BCUT2D eigenvalue weighted by Gasteiger charge is -2.27. The number of benzene rings is 2. The molecule has 0 aliphatic heterocycles. The predicted octanol–water partition coefficient (Wildman–Crippen LogP) is 2.59. The first-order valence-corrected chi connectivity index (χ1v) is 7.32. The molecule has 4 heteroatoms. The van der Waals surface area contributed by atoms with E-state index in [9.17, 15) is 10.2 Å². The van der Waals surface area contributed by atoms with E-state index in [4.69, 9.17) is 0 Å². The highest BCUT2D eigenvalue weighted by molar-refractivity contribution is 5.57. The standard InChI is InChI=1S/C18H24N2O2/c1-19(2)15-11-7-5-9-13(15)17(21)18(22)14-10-6-8-12-16(14)20(3)4/h5-12,17-18,21-22H,1-4H3/t17-,18+. The molecule has 0 aliphatic rings. The van der Waals surface area contributed by atoms with Crippen LogP contribution in [0.5, 0.6) is 0 Å². The smallest absolute Gasteiger partial charge is 0.111 e. The molecule has 0 fully saturated rings. The van der Waals surface area contributed by atoms with Gasteiger partial charge in [0.2, 0.25) is 0 Å². The van der Waals surface area contributed by atoms with Gasteiger partial charge in [-0.3, -0.25) is 0 Å². The number of nitrogens with zero attached hydrogens (tertiary/aromatic N) is 2. The molecule has 0 aromatic heterocycles. The molecule has 2 aromatic carbocycles. The molecule has 0 saturated carbocycles. The van der Waals surface area contributed by atoms with Crippen LogP contribution >= 0.6 is 0 Å². The van der Waals surface area contributed by atoms with Crippen molar-refractivity contribution in [3.8, 4) is 0 Å². The van der Waals surface area contributed by atoms with Gasteiger partial charge in [0.1, 0.15) is 12.2 Å². The molecule has 0 aliphatic carbocycles. The van der Waals surface area contributed by atoms with Crippen LogP contribution in [0.2, 0.25) is 0 Å². The number of hydrogen-bond donors (Lipinski definition) is 2. The topological polar surface area (TPSA) is 46.9 Å². The van der Waals surface area contributed by atoms with Crippen molar-refractivity contribution < 1.29 is 10.2 Å². The van der Waals surface area contributed by atoms with Gasteiger partial charge >= 0.3 is 0 Å². The van der Waals surface area contributed by atoms with E-state index in [-0.39, 0.29) is 0 Å². The summed E-state index contributed by atoms with van der Waals surface area (Å²) in [4.78, 5) is 3.87. The zero-order chi connectivity index (χ0) is 16.3. The molecule has 0 amide bonds. The Morgan fingerprint density at radius 1 is 0.636 bits per heavy atom. The first-order valence-electron chi connectivity index (χ1n) is 7.32. The maximum absolute atomic E-state index is 10.7. The van der Waals surface area contributed by atoms with Crippen LogP contribution < -0.4 is 9.80 Å². The van der Waals surface area contributed by atoms with Crippen LogP contribution in [0.3, 0.4) is 0 Å². The number of aliphatic hydroxyl groups excluding tert-OH is 2. The molecule has 118 valence electrons. The molecule has 2 N–H and O–H groups in total. The fraction of sp³-hybridized carbons (Fsp3) is 0.333. The lowest BCUT2D eigenvalue weighted by atomic mass is 9.95. The van der Waals surface area contributed by atoms with Crippen molar-refractivity contribution in [2.75, 3.05) is 38.0 Å². The Bertz CT molecular complexity index is 570. The summed E-state index contributed by atoms with van der Waals surface area (Å²) in [5.74, 6) is 0. The van der Waals surface area contributed by atoms with Gasteiger partial charge in [-0.25, -0.2) is 0 Å². The Kier molecular flexibility index (Phi) is 5.06. The van der Waals surface area contributed by atoms with Gasteiger partial charge in [-0.2, -0.15) is 0 Å². The number of rotatable bonds is 5. The van der Waals surface area contributed by atoms with E-state index in [2.05, 4.69) is 0 Å². The maximum Gasteiger partial charge on any atom is 0.111 e. The quantitative estimate of drug-likeness (QED) is 0.891. The van der Waals surface area contributed by atoms with E-state index in [0.29, 0.717) is 11.1 Å². The number of anilines is 2. The van der Waals surface area contributed by atoms with E-state index in [1.54, 1.807) is 0 Å². The van der Waals surface area contributed by atoms with Gasteiger partial charge in [0.05, 0.1) is 0 Å². The molecule has 0 saturated heterocycles. The van der Waals surface area contributed by atoms with E-state index in [0.717, 1.165) is 11.4 Å². The highest BCUT2D eigenvalue weighted by atomic mass is 16.3. The Morgan fingerprint density at radius 3 is 1.27 bits per heavy atom. The molecule has 2 rings (SSSR count). The van der Waals surface area contributed by atoms with Gasteiger partial charge in [-0.15, -0.1) is 0 Å².